The molecule has 1 aromatic carbocycles. The van der Waals surface area contributed by atoms with Crippen molar-refractivity contribution < 1.29 is 9.66 Å². The Morgan fingerprint density at radius 2 is 2.00 bits per heavy atom. The van der Waals surface area contributed by atoms with E-state index in [1.54, 1.807) is 12.1 Å². The summed E-state index contributed by atoms with van der Waals surface area (Å²) in [7, 11) is 0. The average molecular weight is 329 g/mol. The maximum atomic E-state index is 11.0. The van der Waals surface area contributed by atoms with Gasteiger partial charge in [-0.15, -0.1) is 0 Å². The van der Waals surface area contributed by atoms with Crippen molar-refractivity contribution in [3.05, 3.63) is 33.9 Å². The Bertz CT molecular complexity index is 471. The average Bonchev–Trinajstić information content (AvgIpc) is 2.37. The van der Waals surface area contributed by atoms with Gasteiger partial charge in [-0.05, 0) is 25.5 Å². The molecule has 104 valence electrons. The Morgan fingerprint density at radius 3 is 2.53 bits per heavy atom. The van der Waals surface area contributed by atoms with E-state index in [2.05, 4.69) is 20.8 Å². The first-order chi connectivity index (χ1) is 8.99. The van der Waals surface area contributed by atoms with Crippen LogP contribution >= 0.6 is 15.9 Å². The van der Waals surface area contributed by atoms with E-state index in [4.69, 9.17) is 4.74 Å². The number of hydrogen-bond acceptors (Lipinski definition) is 4. The summed E-state index contributed by atoms with van der Waals surface area (Å²) in [6.07, 6.45) is 0.269. The molecule has 19 heavy (non-hydrogen) atoms. The van der Waals surface area contributed by atoms with Crippen LogP contribution in [0.1, 0.15) is 19.4 Å². The lowest BCUT2D eigenvalue weighted by atomic mass is 10.1. The molecule has 1 aromatic rings. The van der Waals surface area contributed by atoms with Crippen molar-refractivity contribution in [3.8, 4) is 0 Å². The fraction of sp³-hybridized carbons (Fsp3) is 0.538. The minimum atomic E-state index is -0.344. The van der Waals surface area contributed by atoms with Crippen LogP contribution in [-0.4, -0.2) is 30.2 Å². The molecule has 0 radical (unpaired) electrons. The Kier molecular flexibility index (Phi) is 4.42. The van der Waals surface area contributed by atoms with Gasteiger partial charge in [0.2, 0.25) is 0 Å². The summed E-state index contributed by atoms with van der Waals surface area (Å²) in [6, 6.07) is 5.23. The lowest BCUT2D eigenvalue weighted by molar-refractivity contribution is -0.384. The number of nitrogens with zero attached hydrogens (tertiary/aromatic N) is 2. The largest absolute Gasteiger partial charge is 0.372 e. The molecule has 1 aliphatic rings. The maximum Gasteiger partial charge on any atom is 0.271 e. The van der Waals surface area contributed by atoms with Crippen LogP contribution in [0.4, 0.5) is 11.4 Å². The molecule has 6 heteroatoms. The van der Waals surface area contributed by atoms with Gasteiger partial charge >= 0.3 is 0 Å². The van der Waals surface area contributed by atoms with Crippen molar-refractivity contribution >= 4 is 27.3 Å². The third-order valence-electron chi connectivity index (χ3n) is 3.11. The second-order valence-electron chi connectivity index (χ2n) is 4.91. The van der Waals surface area contributed by atoms with Gasteiger partial charge in [0.25, 0.3) is 5.69 Å². The molecular formula is C13H17BrN2O3. The Balaban J connectivity index is 2.32. The number of morpholine rings is 1. The van der Waals surface area contributed by atoms with Crippen molar-refractivity contribution in [2.45, 2.75) is 31.4 Å². The van der Waals surface area contributed by atoms with Crippen LogP contribution in [-0.2, 0) is 10.1 Å². The Morgan fingerprint density at radius 1 is 1.37 bits per heavy atom. The van der Waals surface area contributed by atoms with Crippen molar-refractivity contribution in [1.29, 1.82) is 0 Å². The van der Waals surface area contributed by atoms with E-state index in [1.165, 1.54) is 0 Å². The number of ether oxygens (including phenoxy) is 1. The molecule has 5 nitrogen and oxygen atoms in total. The minimum Gasteiger partial charge on any atom is -0.372 e. The zero-order valence-electron chi connectivity index (χ0n) is 11.0. The predicted molar refractivity (Wildman–Crippen MR) is 77.9 cm³/mol. The van der Waals surface area contributed by atoms with Gasteiger partial charge in [0.1, 0.15) is 0 Å². The van der Waals surface area contributed by atoms with E-state index in [0.717, 1.165) is 24.3 Å². The van der Waals surface area contributed by atoms with E-state index >= 15 is 0 Å². The van der Waals surface area contributed by atoms with Gasteiger partial charge in [0, 0.05) is 36.2 Å². The number of anilines is 1. The number of halogens is 1. The van der Waals surface area contributed by atoms with Crippen LogP contribution < -0.4 is 4.90 Å². The number of alkyl halides is 1. The molecule has 0 aromatic heterocycles. The SMILES string of the molecule is C[C@@H]1CN(c2cc(CBr)cc([N+](=O)[O-])c2)C[C@H](C)O1. The third-order valence-corrected chi connectivity index (χ3v) is 3.76. The van der Waals surface area contributed by atoms with E-state index in [-0.39, 0.29) is 22.8 Å². The second kappa shape index (κ2) is 5.88. The van der Waals surface area contributed by atoms with Gasteiger partial charge in [0.15, 0.2) is 0 Å². The fourth-order valence-electron chi connectivity index (χ4n) is 2.41. The Labute approximate surface area is 120 Å². The lowest BCUT2D eigenvalue weighted by Gasteiger charge is -2.36. The van der Waals surface area contributed by atoms with E-state index in [9.17, 15) is 10.1 Å². The monoisotopic (exact) mass is 328 g/mol. The molecule has 0 bridgehead atoms. The number of hydrogen-bond donors (Lipinski definition) is 0. The van der Waals surface area contributed by atoms with Crippen LogP contribution in [0, 0.1) is 10.1 Å². The highest BCUT2D eigenvalue weighted by Crippen LogP contribution is 2.27. The van der Waals surface area contributed by atoms with Crippen LogP contribution in [0.2, 0.25) is 0 Å². The van der Waals surface area contributed by atoms with Crippen LogP contribution in [0.15, 0.2) is 18.2 Å². The molecule has 0 aliphatic carbocycles. The Hall–Kier alpha value is -1.14. The van der Waals surface area contributed by atoms with Crippen LogP contribution in [0.5, 0.6) is 0 Å². The highest BCUT2D eigenvalue weighted by atomic mass is 79.9. The molecule has 2 rings (SSSR count). The van der Waals surface area contributed by atoms with Crippen LogP contribution in [0.25, 0.3) is 0 Å². The fourth-order valence-corrected chi connectivity index (χ4v) is 2.73. The van der Waals surface area contributed by atoms with Gasteiger partial charge in [0.05, 0.1) is 17.1 Å². The molecule has 1 heterocycles. The van der Waals surface area contributed by atoms with Crippen molar-refractivity contribution in [3.63, 3.8) is 0 Å². The second-order valence-corrected chi connectivity index (χ2v) is 5.47. The first-order valence-corrected chi connectivity index (χ1v) is 7.36. The number of rotatable bonds is 3. The number of benzene rings is 1. The van der Waals surface area contributed by atoms with Gasteiger partial charge in [-0.1, -0.05) is 15.9 Å². The zero-order valence-corrected chi connectivity index (χ0v) is 12.6. The standard InChI is InChI=1S/C13H17BrN2O3/c1-9-7-15(8-10(2)19-9)12-3-11(6-14)4-13(5-12)16(17)18/h3-5,9-10H,6-8H2,1-2H3/t9-,10+. The number of nitro groups is 1. The molecular weight excluding hydrogens is 312 g/mol. The van der Waals surface area contributed by atoms with E-state index < -0.39 is 0 Å². The quantitative estimate of drug-likeness (QED) is 0.486. The van der Waals surface area contributed by atoms with E-state index in [0.29, 0.717) is 5.33 Å². The van der Waals surface area contributed by atoms with Gasteiger partial charge in [-0.25, -0.2) is 0 Å². The molecule has 2 atom stereocenters. The lowest BCUT2D eigenvalue weighted by Crippen LogP contribution is -2.45. The summed E-state index contributed by atoms with van der Waals surface area (Å²) in [5.41, 5.74) is 1.94. The van der Waals surface area contributed by atoms with Crippen molar-refractivity contribution in [2.24, 2.45) is 0 Å². The van der Waals surface area contributed by atoms with Gasteiger partial charge in [-0.2, -0.15) is 0 Å². The zero-order chi connectivity index (χ0) is 14.0. The summed E-state index contributed by atoms with van der Waals surface area (Å²) in [6.45, 7) is 5.55. The van der Waals surface area contributed by atoms with Gasteiger partial charge < -0.3 is 9.64 Å². The molecule has 0 spiro atoms. The molecule has 0 N–H and O–H groups in total. The summed E-state index contributed by atoms with van der Waals surface area (Å²) in [4.78, 5) is 12.8. The first-order valence-electron chi connectivity index (χ1n) is 6.24. The maximum absolute atomic E-state index is 11.0. The number of non-ortho nitro benzene ring substituents is 1. The highest BCUT2D eigenvalue weighted by molar-refractivity contribution is 9.08. The molecule has 0 saturated carbocycles. The minimum absolute atomic E-state index is 0.135. The molecule has 1 saturated heterocycles. The third kappa shape index (κ3) is 3.45. The summed E-state index contributed by atoms with van der Waals surface area (Å²) in [5, 5.41) is 11.6. The van der Waals surface area contributed by atoms with Crippen molar-refractivity contribution in [2.75, 3.05) is 18.0 Å². The smallest absolute Gasteiger partial charge is 0.271 e. The van der Waals surface area contributed by atoms with Crippen LogP contribution in [0.3, 0.4) is 0 Å². The van der Waals surface area contributed by atoms with E-state index in [1.807, 2.05) is 19.9 Å². The topological polar surface area (TPSA) is 55.6 Å². The summed E-state index contributed by atoms with van der Waals surface area (Å²) >= 11 is 3.36. The molecule has 0 unspecified atom stereocenters. The predicted octanol–water partition coefficient (Wildman–Crippen LogP) is 3.10. The molecule has 1 fully saturated rings. The van der Waals surface area contributed by atoms with Gasteiger partial charge in [-0.3, -0.25) is 10.1 Å². The van der Waals surface area contributed by atoms with Crippen molar-refractivity contribution in [1.82, 2.24) is 0 Å². The number of nitro benzene ring substituents is 1. The normalized spacial score (nSPS) is 23.4. The highest BCUT2D eigenvalue weighted by Gasteiger charge is 2.23. The summed E-state index contributed by atoms with van der Waals surface area (Å²) < 4.78 is 5.69. The molecule has 1 aliphatic heterocycles. The molecule has 0 amide bonds. The summed E-state index contributed by atoms with van der Waals surface area (Å²) in [5.74, 6) is 0. The first kappa shape index (κ1) is 14.3.